The summed E-state index contributed by atoms with van der Waals surface area (Å²) in [5.41, 5.74) is 3.82. The number of rotatable bonds is 14. The van der Waals surface area contributed by atoms with E-state index in [9.17, 15) is 4.79 Å². The van der Waals surface area contributed by atoms with Crippen LogP contribution in [0.2, 0.25) is 20.1 Å². The lowest BCUT2D eigenvalue weighted by Gasteiger charge is -2.37. The highest BCUT2D eigenvalue weighted by Crippen LogP contribution is 2.42. The van der Waals surface area contributed by atoms with Crippen molar-refractivity contribution in [2.24, 2.45) is 0 Å². The molecule has 17 nitrogen and oxygen atoms in total. The van der Waals surface area contributed by atoms with Gasteiger partial charge in [0, 0.05) is 58.7 Å². The quantitative estimate of drug-likeness (QED) is 0.117. The van der Waals surface area contributed by atoms with E-state index in [1.165, 1.54) is 28.2 Å². The molecule has 6 heterocycles. The first-order valence-electron chi connectivity index (χ1n) is 20.8. The van der Waals surface area contributed by atoms with Gasteiger partial charge >= 0.3 is 5.69 Å². The van der Waals surface area contributed by atoms with Gasteiger partial charge in [0.05, 0.1) is 35.5 Å². The number of anilines is 2. The first-order chi connectivity index (χ1) is 31.6. The number of ether oxygens (including phenoxy) is 5. The lowest BCUT2D eigenvalue weighted by atomic mass is 10.1. The zero-order valence-electron chi connectivity index (χ0n) is 34.6. The Morgan fingerprint density at radius 3 is 1.65 bits per heavy atom. The van der Waals surface area contributed by atoms with E-state index in [0.29, 0.717) is 43.5 Å². The number of hydrogen-bond acceptors (Lipinski definition) is 13. The fourth-order valence-corrected chi connectivity index (χ4v) is 9.50. The average molecular weight is 962 g/mol. The van der Waals surface area contributed by atoms with Gasteiger partial charge in [0.15, 0.2) is 0 Å². The molecule has 0 amide bonds. The summed E-state index contributed by atoms with van der Waals surface area (Å²) in [6.07, 6.45) is 6.71. The monoisotopic (exact) mass is 959 g/mol. The summed E-state index contributed by atoms with van der Waals surface area (Å²) < 4.78 is 37.9. The molecule has 3 aliphatic heterocycles. The van der Waals surface area contributed by atoms with Crippen LogP contribution in [-0.2, 0) is 50.2 Å². The van der Waals surface area contributed by atoms with Crippen molar-refractivity contribution >= 4 is 57.8 Å². The normalized spacial score (nSPS) is 22.2. The van der Waals surface area contributed by atoms with Crippen molar-refractivity contribution in [3.8, 4) is 11.4 Å². The van der Waals surface area contributed by atoms with E-state index in [0.717, 1.165) is 43.3 Å². The van der Waals surface area contributed by atoms with E-state index in [1.54, 1.807) is 58.4 Å². The molecule has 0 aliphatic carbocycles. The van der Waals surface area contributed by atoms with Crippen molar-refractivity contribution in [1.29, 1.82) is 0 Å². The van der Waals surface area contributed by atoms with Crippen LogP contribution in [0.25, 0.3) is 5.69 Å². The summed E-state index contributed by atoms with van der Waals surface area (Å²) in [6, 6.07) is 26.4. The molecule has 3 aliphatic rings. The second kappa shape index (κ2) is 18.4. The zero-order valence-corrected chi connectivity index (χ0v) is 37.6. The second-order valence-corrected chi connectivity index (χ2v) is 17.5. The third-order valence-electron chi connectivity index (χ3n) is 11.6. The molecule has 3 saturated heterocycles. The molecule has 336 valence electrons. The van der Waals surface area contributed by atoms with Crippen molar-refractivity contribution in [1.82, 2.24) is 43.9 Å². The molecule has 3 fully saturated rings. The topological polar surface area (TPSA) is 154 Å². The van der Waals surface area contributed by atoms with E-state index in [2.05, 4.69) is 47.2 Å². The number of piperazine rings is 1. The number of aromatic nitrogens is 9. The summed E-state index contributed by atoms with van der Waals surface area (Å²) in [5, 5.41) is 14.7. The first kappa shape index (κ1) is 43.4. The Hall–Kier alpha value is -5.50. The van der Waals surface area contributed by atoms with Crippen LogP contribution in [0, 0.1) is 0 Å². The third-order valence-corrected chi connectivity index (χ3v) is 12.7. The Bertz CT molecular complexity index is 2790. The van der Waals surface area contributed by atoms with Crippen LogP contribution in [0.15, 0.2) is 121 Å². The van der Waals surface area contributed by atoms with E-state index >= 15 is 0 Å². The molecule has 4 atom stereocenters. The number of halogens is 4. The summed E-state index contributed by atoms with van der Waals surface area (Å²) in [4.78, 5) is 26.4. The fourth-order valence-electron chi connectivity index (χ4n) is 8.39. The molecule has 0 spiro atoms. The second-order valence-electron chi connectivity index (χ2n) is 15.8. The van der Waals surface area contributed by atoms with E-state index < -0.39 is 17.7 Å². The molecule has 0 radical (unpaired) electrons. The SMILES string of the molecule is O=c1n(-c2ccc(N3CCN(c4ccc(OC[C@H]5CO[C@](Cn6cncn6)(c6ccc(Cl)cc6Cl)O5)cc4)CC3)cc2)cnn1CC1COC(Cn2cncn2)(c2ccc(Cl)cc2Cl)O1. The van der Waals surface area contributed by atoms with Gasteiger partial charge in [0.25, 0.3) is 0 Å². The molecule has 2 unspecified atom stereocenters. The maximum atomic E-state index is 13.6. The minimum atomic E-state index is -1.28. The summed E-state index contributed by atoms with van der Waals surface area (Å²) in [7, 11) is 0. The van der Waals surface area contributed by atoms with Crippen LogP contribution in [-0.4, -0.2) is 102 Å². The van der Waals surface area contributed by atoms with Crippen molar-refractivity contribution in [2.45, 2.75) is 43.4 Å². The van der Waals surface area contributed by atoms with E-state index in [1.807, 2.05) is 36.4 Å². The van der Waals surface area contributed by atoms with Gasteiger partial charge in [0.1, 0.15) is 69.3 Å². The maximum absolute atomic E-state index is 13.6. The Morgan fingerprint density at radius 1 is 0.615 bits per heavy atom. The van der Waals surface area contributed by atoms with Gasteiger partial charge in [-0.1, -0.05) is 58.5 Å². The average Bonchev–Trinajstić information content (AvgIpc) is 4.19. The van der Waals surface area contributed by atoms with Gasteiger partial charge < -0.3 is 33.5 Å². The van der Waals surface area contributed by atoms with Gasteiger partial charge in [0.2, 0.25) is 11.6 Å². The van der Waals surface area contributed by atoms with Crippen molar-refractivity contribution in [3.63, 3.8) is 0 Å². The van der Waals surface area contributed by atoms with Crippen LogP contribution < -0.4 is 20.2 Å². The number of hydrogen-bond donors (Lipinski definition) is 0. The molecule has 65 heavy (non-hydrogen) atoms. The predicted molar refractivity (Wildman–Crippen MR) is 242 cm³/mol. The molecule has 0 bridgehead atoms. The largest absolute Gasteiger partial charge is 0.491 e. The molecule has 0 saturated carbocycles. The van der Waals surface area contributed by atoms with Gasteiger partial charge in [-0.15, -0.1) is 0 Å². The minimum Gasteiger partial charge on any atom is -0.491 e. The minimum absolute atomic E-state index is 0.161. The maximum Gasteiger partial charge on any atom is 0.350 e. The Balaban J connectivity index is 0.720. The van der Waals surface area contributed by atoms with Gasteiger partial charge in [-0.2, -0.15) is 15.3 Å². The van der Waals surface area contributed by atoms with Gasteiger partial charge in [-0.25, -0.2) is 33.4 Å². The van der Waals surface area contributed by atoms with Gasteiger partial charge in [-0.3, -0.25) is 0 Å². The lowest BCUT2D eigenvalue weighted by Crippen LogP contribution is -2.46. The number of benzene rings is 4. The summed E-state index contributed by atoms with van der Waals surface area (Å²) in [6.45, 7) is 4.68. The Labute approximate surface area is 392 Å². The highest BCUT2D eigenvalue weighted by Gasteiger charge is 2.47. The Kier molecular flexibility index (Phi) is 12.3. The number of nitrogens with zero attached hydrogens (tertiary/aromatic N) is 11. The van der Waals surface area contributed by atoms with Crippen LogP contribution >= 0.6 is 46.4 Å². The molecular formula is C44H41Cl4N11O6. The first-order valence-corrected chi connectivity index (χ1v) is 22.3. The van der Waals surface area contributed by atoms with Crippen LogP contribution in [0.4, 0.5) is 11.4 Å². The lowest BCUT2D eigenvalue weighted by molar-refractivity contribution is -0.190. The van der Waals surface area contributed by atoms with E-state index in [-0.39, 0.29) is 44.6 Å². The molecular weight excluding hydrogens is 920 g/mol. The molecule has 10 rings (SSSR count). The molecule has 3 aromatic heterocycles. The summed E-state index contributed by atoms with van der Waals surface area (Å²) in [5.74, 6) is -1.74. The Morgan fingerprint density at radius 2 is 1.12 bits per heavy atom. The van der Waals surface area contributed by atoms with E-state index in [4.69, 9.17) is 70.1 Å². The van der Waals surface area contributed by atoms with Crippen LogP contribution in [0.1, 0.15) is 11.1 Å². The highest BCUT2D eigenvalue weighted by molar-refractivity contribution is 6.35. The van der Waals surface area contributed by atoms with Crippen LogP contribution in [0.3, 0.4) is 0 Å². The van der Waals surface area contributed by atoms with Crippen molar-refractivity contribution in [3.05, 3.63) is 158 Å². The van der Waals surface area contributed by atoms with Crippen molar-refractivity contribution in [2.75, 3.05) is 55.8 Å². The smallest absolute Gasteiger partial charge is 0.350 e. The standard InChI is InChI=1S/C44H41Cl4N11O6/c45-30-1-11-38(40(47)17-30)43(23-56-27-49-25-51-56)62-21-36(64-43)19-59-42(60)58(29-53-59)34-5-3-32(4-6-34)54-13-15-55(16-14-54)33-7-9-35(10-8-33)61-20-37-22-63-44(65-37,24-57-28-50-26-52-57)39-12-2-31(46)18-41(39)48/h1-12,17-18,25-29,36-37H,13-16,19-24H2/t36?,37-,43?,44-/m0/s1. The molecule has 4 aromatic carbocycles. The molecule has 21 heteroatoms. The highest BCUT2D eigenvalue weighted by atomic mass is 35.5. The summed E-state index contributed by atoms with van der Waals surface area (Å²) >= 11 is 25.6. The third kappa shape index (κ3) is 9.20. The van der Waals surface area contributed by atoms with Gasteiger partial charge in [-0.05, 0) is 72.8 Å². The molecule has 7 aromatic rings. The van der Waals surface area contributed by atoms with Crippen LogP contribution in [0.5, 0.6) is 5.75 Å². The predicted octanol–water partition coefficient (Wildman–Crippen LogP) is 6.47. The molecule has 0 N–H and O–H groups in total. The van der Waals surface area contributed by atoms with Crippen molar-refractivity contribution < 1.29 is 23.7 Å². The fraction of sp³-hybridized carbons (Fsp3) is 0.318. The zero-order chi connectivity index (χ0) is 44.5.